The number of nitrogens with zero attached hydrogens (tertiary/aromatic N) is 1. The molecule has 10 nitrogen and oxygen atoms in total. The lowest BCUT2D eigenvalue weighted by Crippen LogP contribution is -2.38. The third-order valence-electron chi connectivity index (χ3n) is 2.98. The van der Waals surface area contributed by atoms with Gasteiger partial charge in [0, 0.05) is 0 Å². The molecular formula is C10H13FN2O8S. The number of rotatable bonds is 4. The Bertz CT molecular complexity index is 772. The quantitative estimate of drug-likeness (QED) is 0.500. The molecule has 1 aliphatic heterocycles. The molecule has 1 aliphatic rings. The smallest absolute Gasteiger partial charge is 0.330 e. The van der Waals surface area contributed by atoms with Crippen molar-refractivity contribution in [2.45, 2.75) is 24.5 Å². The number of ether oxygens (including phenoxy) is 1. The van der Waals surface area contributed by atoms with Crippen LogP contribution in [0.3, 0.4) is 0 Å². The van der Waals surface area contributed by atoms with Gasteiger partial charge in [-0.2, -0.15) is 12.8 Å². The van der Waals surface area contributed by atoms with Gasteiger partial charge in [0.2, 0.25) is 5.82 Å². The third kappa shape index (κ3) is 3.41. The Morgan fingerprint density at radius 2 is 2.05 bits per heavy atom. The summed E-state index contributed by atoms with van der Waals surface area (Å²) in [7, 11) is -3.80. The van der Waals surface area contributed by atoms with Gasteiger partial charge >= 0.3 is 5.69 Å². The molecule has 1 aromatic heterocycles. The summed E-state index contributed by atoms with van der Waals surface area (Å²) in [6.07, 6.45) is -4.71. The van der Waals surface area contributed by atoms with Crippen molar-refractivity contribution in [1.29, 1.82) is 0 Å². The fourth-order valence-electron chi connectivity index (χ4n) is 1.94. The highest BCUT2D eigenvalue weighted by Crippen LogP contribution is 2.28. The summed E-state index contributed by atoms with van der Waals surface area (Å²) in [5.41, 5.74) is -2.31. The van der Waals surface area contributed by atoms with Crippen LogP contribution in [0.25, 0.3) is 0 Å². The van der Waals surface area contributed by atoms with Gasteiger partial charge in [-0.05, 0) is 0 Å². The van der Waals surface area contributed by atoms with Gasteiger partial charge in [-0.1, -0.05) is 0 Å². The number of aromatic nitrogens is 2. The Morgan fingerprint density at radius 1 is 1.41 bits per heavy atom. The average Bonchev–Trinajstić information content (AvgIpc) is 2.68. The lowest BCUT2D eigenvalue weighted by Gasteiger charge is -2.16. The Hall–Kier alpha value is -1.60. The van der Waals surface area contributed by atoms with E-state index < -0.39 is 58.3 Å². The molecule has 0 amide bonds. The van der Waals surface area contributed by atoms with Crippen molar-refractivity contribution in [3.8, 4) is 0 Å². The van der Waals surface area contributed by atoms with Crippen LogP contribution in [0.2, 0.25) is 0 Å². The molecule has 0 aliphatic carbocycles. The Morgan fingerprint density at radius 3 is 2.64 bits per heavy atom. The summed E-state index contributed by atoms with van der Waals surface area (Å²) in [6, 6.07) is 0. The number of aliphatic hydroxyl groups excluding tert-OH is 2. The van der Waals surface area contributed by atoms with Gasteiger partial charge in [0.05, 0.1) is 19.1 Å². The monoisotopic (exact) mass is 340 g/mol. The summed E-state index contributed by atoms with van der Waals surface area (Å²) in [5, 5.41) is 19.6. The van der Waals surface area contributed by atoms with Crippen LogP contribution in [0.1, 0.15) is 6.23 Å². The van der Waals surface area contributed by atoms with Crippen molar-refractivity contribution in [3.05, 3.63) is 32.9 Å². The zero-order valence-corrected chi connectivity index (χ0v) is 12.0. The second-order valence-corrected chi connectivity index (χ2v) is 6.32. The van der Waals surface area contributed by atoms with Gasteiger partial charge in [-0.25, -0.2) is 4.79 Å². The number of H-pyrrole nitrogens is 1. The van der Waals surface area contributed by atoms with Crippen molar-refractivity contribution >= 4 is 10.1 Å². The van der Waals surface area contributed by atoms with Crippen molar-refractivity contribution < 1.29 is 31.9 Å². The Labute approximate surface area is 122 Å². The second kappa shape index (κ2) is 5.89. The molecule has 2 rings (SSSR count). The predicted molar refractivity (Wildman–Crippen MR) is 68.0 cm³/mol. The third-order valence-corrected chi connectivity index (χ3v) is 3.55. The zero-order chi connectivity index (χ0) is 16.7. The molecule has 0 radical (unpaired) electrons. The highest BCUT2D eigenvalue weighted by atomic mass is 32.2. The van der Waals surface area contributed by atoms with E-state index in [2.05, 4.69) is 4.18 Å². The first-order valence-corrected chi connectivity index (χ1v) is 7.79. The largest absolute Gasteiger partial charge is 0.387 e. The molecule has 1 fully saturated rings. The number of hydrogen-bond donors (Lipinski definition) is 3. The Kier molecular flexibility index (Phi) is 4.49. The first-order valence-electron chi connectivity index (χ1n) is 5.97. The molecule has 0 bridgehead atoms. The highest BCUT2D eigenvalue weighted by molar-refractivity contribution is 7.85. The number of aromatic amines is 1. The van der Waals surface area contributed by atoms with E-state index in [9.17, 15) is 32.6 Å². The molecule has 4 unspecified atom stereocenters. The fraction of sp³-hybridized carbons (Fsp3) is 0.600. The lowest BCUT2D eigenvalue weighted by atomic mass is 10.1. The van der Waals surface area contributed by atoms with E-state index >= 15 is 0 Å². The van der Waals surface area contributed by atoms with Crippen molar-refractivity contribution in [1.82, 2.24) is 9.55 Å². The topological polar surface area (TPSA) is 148 Å². The minimum absolute atomic E-state index is 0.515. The van der Waals surface area contributed by atoms with Gasteiger partial charge < -0.3 is 14.9 Å². The highest BCUT2D eigenvalue weighted by Gasteiger charge is 2.44. The average molecular weight is 340 g/mol. The molecule has 0 spiro atoms. The molecule has 1 saturated heterocycles. The van der Waals surface area contributed by atoms with E-state index in [1.807, 2.05) is 0 Å². The summed E-state index contributed by atoms with van der Waals surface area (Å²) < 4.78 is 45.1. The summed E-state index contributed by atoms with van der Waals surface area (Å²) in [5.74, 6) is -1.29. The van der Waals surface area contributed by atoms with Gasteiger partial charge in [0.1, 0.15) is 18.3 Å². The van der Waals surface area contributed by atoms with E-state index in [0.717, 1.165) is 6.26 Å². The van der Waals surface area contributed by atoms with Gasteiger partial charge in [0.25, 0.3) is 15.7 Å². The molecular weight excluding hydrogens is 327 g/mol. The minimum Gasteiger partial charge on any atom is -0.387 e. The van der Waals surface area contributed by atoms with Crippen LogP contribution in [0.15, 0.2) is 15.8 Å². The molecule has 124 valence electrons. The number of nitrogens with one attached hydrogen (secondary N) is 1. The van der Waals surface area contributed by atoms with Crippen molar-refractivity contribution in [2.24, 2.45) is 0 Å². The van der Waals surface area contributed by atoms with Crippen molar-refractivity contribution in [2.75, 3.05) is 12.9 Å². The number of halogens is 1. The molecule has 1 aromatic rings. The Balaban J connectivity index is 2.25. The van der Waals surface area contributed by atoms with Gasteiger partial charge in [0.15, 0.2) is 6.23 Å². The zero-order valence-electron chi connectivity index (χ0n) is 11.2. The predicted octanol–water partition coefficient (Wildman–Crippen LogP) is -2.73. The lowest BCUT2D eigenvalue weighted by molar-refractivity contribution is -0.0513. The van der Waals surface area contributed by atoms with E-state index in [-0.39, 0.29) is 0 Å². The van der Waals surface area contributed by atoms with Crippen LogP contribution in [-0.2, 0) is 19.0 Å². The van der Waals surface area contributed by atoms with Crippen LogP contribution in [0.5, 0.6) is 0 Å². The van der Waals surface area contributed by atoms with Crippen LogP contribution >= 0.6 is 0 Å². The summed E-state index contributed by atoms with van der Waals surface area (Å²) in [4.78, 5) is 24.2. The maximum absolute atomic E-state index is 13.2. The number of hydrogen-bond acceptors (Lipinski definition) is 8. The first-order chi connectivity index (χ1) is 10.1. The van der Waals surface area contributed by atoms with E-state index in [1.165, 1.54) is 0 Å². The normalized spacial score (nSPS) is 28.9. The van der Waals surface area contributed by atoms with Crippen LogP contribution < -0.4 is 11.2 Å². The number of aliphatic hydroxyl groups is 2. The standard InChI is InChI=1S/C10H13FN2O8S/c1-22(18,19)20-3-5-6(14)7(15)9(21-5)13-2-4(11)8(16)12-10(13)17/h2,5-7,9,14-15H,3H2,1H3,(H,12,16,17). The first kappa shape index (κ1) is 16.8. The molecule has 12 heteroatoms. The van der Waals surface area contributed by atoms with E-state index in [4.69, 9.17) is 4.74 Å². The van der Waals surface area contributed by atoms with E-state index in [0.29, 0.717) is 10.8 Å². The molecule has 3 N–H and O–H groups in total. The molecule has 22 heavy (non-hydrogen) atoms. The van der Waals surface area contributed by atoms with Crippen LogP contribution in [-0.4, -0.2) is 59.4 Å². The molecule has 0 aromatic carbocycles. The van der Waals surface area contributed by atoms with Gasteiger partial charge in [-0.15, -0.1) is 0 Å². The molecule has 4 atom stereocenters. The van der Waals surface area contributed by atoms with Crippen molar-refractivity contribution in [3.63, 3.8) is 0 Å². The van der Waals surface area contributed by atoms with Crippen LogP contribution in [0, 0.1) is 5.82 Å². The second-order valence-electron chi connectivity index (χ2n) is 4.68. The van der Waals surface area contributed by atoms with Gasteiger partial charge in [-0.3, -0.25) is 18.5 Å². The molecule has 2 heterocycles. The summed E-state index contributed by atoms with van der Waals surface area (Å²) >= 11 is 0. The molecule has 0 saturated carbocycles. The van der Waals surface area contributed by atoms with Crippen LogP contribution in [0.4, 0.5) is 4.39 Å². The summed E-state index contributed by atoms with van der Waals surface area (Å²) in [6.45, 7) is -0.603. The maximum atomic E-state index is 13.2. The van der Waals surface area contributed by atoms with E-state index in [1.54, 1.807) is 4.98 Å². The maximum Gasteiger partial charge on any atom is 0.330 e. The SMILES string of the molecule is CS(=O)(=O)OCC1OC(n2cc(F)c(=O)[nH]c2=O)C(O)C1O. The minimum atomic E-state index is -3.80. The fourth-order valence-corrected chi connectivity index (χ4v) is 2.32.